The van der Waals surface area contributed by atoms with Crippen molar-refractivity contribution in [2.45, 2.75) is 25.8 Å². The van der Waals surface area contributed by atoms with Gasteiger partial charge in [-0.15, -0.1) is 6.42 Å². The van der Waals surface area contributed by atoms with Crippen molar-refractivity contribution in [2.24, 2.45) is 0 Å². The van der Waals surface area contributed by atoms with Crippen LogP contribution in [0.1, 0.15) is 25.8 Å². The van der Waals surface area contributed by atoms with Gasteiger partial charge in [-0.3, -0.25) is 4.79 Å². The van der Waals surface area contributed by atoms with Crippen molar-refractivity contribution < 1.29 is 19.0 Å². The van der Waals surface area contributed by atoms with Crippen molar-refractivity contribution >= 4 is 12.0 Å². The monoisotopic (exact) mass is 317 g/mol. The molecule has 23 heavy (non-hydrogen) atoms. The minimum atomic E-state index is -0.656. The molecule has 0 bridgehead atoms. The summed E-state index contributed by atoms with van der Waals surface area (Å²) >= 11 is 0. The lowest BCUT2D eigenvalue weighted by Crippen LogP contribution is -2.43. The molecule has 1 unspecified atom stereocenters. The molecule has 1 aromatic rings. The fourth-order valence-corrected chi connectivity index (χ4v) is 1.91. The van der Waals surface area contributed by atoms with Gasteiger partial charge in [0, 0.05) is 6.08 Å². The first-order valence-electron chi connectivity index (χ1n) is 7.21. The van der Waals surface area contributed by atoms with Gasteiger partial charge in [0.05, 0.1) is 26.9 Å². The zero-order chi connectivity index (χ0) is 17.5. The Morgan fingerprint density at radius 1 is 1.26 bits per heavy atom. The molecule has 0 aliphatic heterocycles. The fourth-order valence-electron chi connectivity index (χ4n) is 1.91. The molecule has 5 heteroatoms. The third-order valence-corrected chi connectivity index (χ3v) is 3.54. The average molecular weight is 317 g/mol. The van der Waals surface area contributed by atoms with Gasteiger partial charge in [-0.25, -0.2) is 0 Å². The van der Waals surface area contributed by atoms with E-state index < -0.39 is 5.54 Å². The van der Waals surface area contributed by atoms with Crippen molar-refractivity contribution in [3.05, 3.63) is 23.8 Å². The molecule has 1 amide bonds. The molecular formula is C18H23NO4. The molecule has 0 aromatic heterocycles. The smallest absolute Gasteiger partial charge is 0.245 e. The van der Waals surface area contributed by atoms with E-state index in [2.05, 4.69) is 11.2 Å². The van der Waals surface area contributed by atoms with Crippen molar-refractivity contribution in [2.75, 3.05) is 21.3 Å². The van der Waals surface area contributed by atoms with Crippen LogP contribution in [0.4, 0.5) is 0 Å². The second-order valence-corrected chi connectivity index (χ2v) is 5.11. The number of rotatable bonds is 7. The third kappa shape index (κ3) is 4.68. The number of carbonyl (C=O) groups is 1. The van der Waals surface area contributed by atoms with Crippen LogP contribution in [0.25, 0.3) is 6.08 Å². The van der Waals surface area contributed by atoms with Crippen LogP contribution in [-0.4, -0.2) is 32.8 Å². The van der Waals surface area contributed by atoms with E-state index in [9.17, 15) is 4.79 Å². The van der Waals surface area contributed by atoms with E-state index in [1.54, 1.807) is 25.1 Å². The van der Waals surface area contributed by atoms with Gasteiger partial charge in [0.25, 0.3) is 0 Å². The van der Waals surface area contributed by atoms with Gasteiger partial charge < -0.3 is 19.5 Å². The zero-order valence-electron chi connectivity index (χ0n) is 14.2. The van der Waals surface area contributed by atoms with Crippen molar-refractivity contribution in [3.8, 4) is 29.6 Å². The lowest BCUT2D eigenvalue weighted by atomic mass is 10.0. The van der Waals surface area contributed by atoms with Gasteiger partial charge in [0.2, 0.25) is 11.7 Å². The third-order valence-electron chi connectivity index (χ3n) is 3.54. The second-order valence-electron chi connectivity index (χ2n) is 5.11. The number of nitrogens with one attached hydrogen (secondary N) is 1. The maximum atomic E-state index is 12.0. The number of benzene rings is 1. The van der Waals surface area contributed by atoms with E-state index in [1.165, 1.54) is 27.4 Å². The highest BCUT2D eigenvalue weighted by molar-refractivity contribution is 5.92. The van der Waals surface area contributed by atoms with Gasteiger partial charge in [-0.05, 0) is 37.1 Å². The molecule has 1 N–H and O–H groups in total. The summed E-state index contributed by atoms with van der Waals surface area (Å²) in [5, 5.41) is 2.79. The first-order valence-corrected chi connectivity index (χ1v) is 7.21. The Morgan fingerprint density at radius 2 is 1.83 bits per heavy atom. The molecule has 124 valence electrons. The number of hydrogen-bond donors (Lipinski definition) is 1. The summed E-state index contributed by atoms with van der Waals surface area (Å²) in [6.45, 7) is 3.72. The van der Waals surface area contributed by atoms with E-state index in [4.69, 9.17) is 20.6 Å². The molecule has 0 saturated heterocycles. The molecule has 1 aromatic carbocycles. The van der Waals surface area contributed by atoms with Crippen LogP contribution in [0.5, 0.6) is 17.2 Å². The molecule has 1 atom stereocenters. The summed E-state index contributed by atoms with van der Waals surface area (Å²) in [5.41, 5.74) is 0.0880. The predicted molar refractivity (Wildman–Crippen MR) is 90.8 cm³/mol. The topological polar surface area (TPSA) is 56.8 Å². The van der Waals surface area contributed by atoms with Crippen LogP contribution < -0.4 is 19.5 Å². The summed E-state index contributed by atoms with van der Waals surface area (Å²) < 4.78 is 15.8. The van der Waals surface area contributed by atoms with E-state index in [0.717, 1.165) is 5.56 Å². The first kappa shape index (κ1) is 18.4. The molecule has 5 nitrogen and oxygen atoms in total. The Balaban J connectivity index is 3.01. The van der Waals surface area contributed by atoms with Crippen LogP contribution in [-0.2, 0) is 4.79 Å². The van der Waals surface area contributed by atoms with Crippen LogP contribution in [0, 0.1) is 12.3 Å². The summed E-state index contributed by atoms with van der Waals surface area (Å²) in [6, 6.07) is 3.51. The van der Waals surface area contributed by atoms with Gasteiger partial charge in [0.15, 0.2) is 11.5 Å². The normalized spacial score (nSPS) is 13.0. The summed E-state index contributed by atoms with van der Waals surface area (Å²) in [4.78, 5) is 12.0. The van der Waals surface area contributed by atoms with Gasteiger partial charge in [0.1, 0.15) is 0 Å². The summed E-state index contributed by atoms with van der Waals surface area (Å²) in [6.07, 6.45) is 9.17. The minimum absolute atomic E-state index is 0.263. The first-order chi connectivity index (χ1) is 10.9. The van der Waals surface area contributed by atoms with Crippen molar-refractivity contribution in [1.82, 2.24) is 5.32 Å². The predicted octanol–water partition coefficient (Wildman–Crippen LogP) is 2.64. The molecule has 0 fully saturated rings. The summed E-state index contributed by atoms with van der Waals surface area (Å²) in [5.74, 6) is 3.87. The second kappa shape index (κ2) is 8.14. The van der Waals surface area contributed by atoms with E-state index in [1.807, 2.05) is 6.92 Å². The minimum Gasteiger partial charge on any atom is -0.493 e. The highest BCUT2D eigenvalue weighted by Crippen LogP contribution is 2.38. The molecule has 0 radical (unpaired) electrons. The maximum Gasteiger partial charge on any atom is 0.245 e. The van der Waals surface area contributed by atoms with Crippen LogP contribution in [0.2, 0.25) is 0 Å². The fraction of sp³-hybridized carbons (Fsp3) is 0.389. The van der Waals surface area contributed by atoms with E-state index >= 15 is 0 Å². The lowest BCUT2D eigenvalue weighted by molar-refractivity contribution is -0.117. The molecule has 0 spiro atoms. The standard InChI is InChI=1S/C18H23NO4/c1-7-18(3,8-2)19-16(20)10-9-13-11-14(21-4)17(23-6)15(12-13)22-5/h1,9-12H,8H2,2-6H3,(H,19,20)/b10-9+. The number of terminal acetylenes is 1. The Bertz CT molecular complexity index is 605. The molecule has 0 aliphatic carbocycles. The quantitative estimate of drug-likeness (QED) is 0.620. The van der Waals surface area contributed by atoms with Gasteiger partial charge >= 0.3 is 0 Å². The average Bonchev–Trinajstić information content (AvgIpc) is 2.58. The van der Waals surface area contributed by atoms with Crippen LogP contribution in [0.15, 0.2) is 18.2 Å². The maximum absolute atomic E-state index is 12.0. The lowest BCUT2D eigenvalue weighted by Gasteiger charge is -2.22. The summed E-state index contributed by atoms with van der Waals surface area (Å²) in [7, 11) is 4.61. The van der Waals surface area contributed by atoms with Gasteiger partial charge in [-0.1, -0.05) is 12.8 Å². The number of carbonyl (C=O) groups excluding carboxylic acids is 1. The molecule has 0 aliphatic rings. The van der Waals surface area contributed by atoms with Crippen molar-refractivity contribution in [1.29, 1.82) is 0 Å². The molecule has 0 saturated carbocycles. The molecule has 0 heterocycles. The van der Waals surface area contributed by atoms with Crippen LogP contribution in [0.3, 0.4) is 0 Å². The number of ether oxygens (including phenoxy) is 3. The molecule has 1 rings (SSSR count). The Labute approximate surface area is 137 Å². The highest BCUT2D eigenvalue weighted by atomic mass is 16.5. The van der Waals surface area contributed by atoms with E-state index in [0.29, 0.717) is 23.7 Å². The largest absolute Gasteiger partial charge is 0.493 e. The Kier molecular flexibility index (Phi) is 6.52. The SMILES string of the molecule is C#CC(C)(CC)NC(=O)/C=C/c1cc(OC)c(OC)c(OC)c1. The van der Waals surface area contributed by atoms with E-state index in [-0.39, 0.29) is 5.91 Å². The molecular weight excluding hydrogens is 294 g/mol. The van der Waals surface area contributed by atoms with Gasteiger partial charge in [-0.2, -0.15) is 0 Å². The van der Waals surface area contributed by atoms with Crippen LogP contribution >= 0.6 is 0 Å². The Hall–Kier alpha value is -2.61. The zero-order valence-corrected chi connectivity index (χ0v) is 14.2. The number of hydrogen-bond acceptors (Lipinski definition) is 4. The van der Waals surface area contributed by atoms with Crippen molar-refractivity contribution in [3.63, 3.8) is 0 Å². The number of amides is 1. The highest BCUT2D eigenvalue weighted by Gasteiger charge is 2.19. The Morgan fingerprint density at radius 3 is 2.22 bits per heavy atom. The number of methoxy groups -OCH3 is 3.